The van der Waals surface area contributed by atoms with E-state index in [1.807, 2.05) is 11.3 Å². The number of ether oxygens (including phenoxy) is 1. The molecule has 1 aliphatic heterocycles. The standard InChI is InChI=1S/C30H37N3O2S/c1-32(2)19-26-28(34-20-22-6-7-22)11-9-25-27(31-35-29(25)26)10-8-21-12-15-33(16-13-21)18-24-5-3-4-23-14-17-36-30(23)24/h3-5,9,11,14,17,21-22H,6-8,10,12-13,15-16,18-20H2,1-2H3. The fourth-order valence-corrected chi connectivity index (χ4v) is 6.47. The maximum absolute atomic E-state index is 6.19. The van der Waals surface area contributed by atoms with E-state index in [1.54, 1.807) is 0 Å². The number of hydrogen-bond acceptors (Lipinski definition) is 6. The summed E-state index contributed by atoms with van der Waals surface area (Å²) in [4.78, 5) is 4.81. The molecule has 0 radical (unpaired) electrons. The molecule has 190 valence electrons. The molecule has 1 saturated carbocycles. The van der Waals surface area contributed by atoms with Gasteiger partial charge >= 0.3 is 0 Å². The van der Waals surface area contributed by atoms with Crippen LogP contribution in [-0.4, -0.2) is 48.7 Å². The molecule has 36 heavy (non-hydrogen) atoms. The van der Waals surface area contributed by atoms with E-state index >= 15 is 0 Å². The number of aryl methyl sites for hydroxylation is 1. The second-order valence-electron chi connectivity index (χ2n) is 11.1. The highest BCUT2D eigenvalue weighted by atomic mass is 32.1. The molecule has 2 aromatic carbocycles. The lowest BCUT2D eigenvalue weighted by Gasteiger charge is -2.32. The van der Waals surface area contributed by atoms with Gasteiger partial charge in [-0.3, -0.25) is 4.90 Å². The van der Waals surface area contributed by atoms with Gasteiger partial charge in [-0.15, -0.1) is 11.3 Å². The molecule has 6 heteroatoms. The van der Waals surface area contributed by atoms with Gasteiger partial charge in [0.05, 0.1) is 17.9 Å². The molecule has 2 fully saturated rings. The predicted molar refractivity (Wildman–Crippen MR) is 148 cm³/mol. The van der Waals surface area contributed by atoms with Crippen LogP contribution in [0.5, 0.6) is 5.75 Å². The summed E-state index contributed by atoms with van der Waals surface area (Å²) in [5.41, 5.74) is 4.62. The van der Waals surface area contributed by atoms with Crippen molar-refractivity contribution in [3.05, 3.63) is 58.6 Å². The smallest absolute Gasteiger partial charge is 0.175 e. The van der Waals surface area contributed by atoms with E-state index in [0.29, 0.717) is 0 Å². The third kappa shape index (κ3) is 5.31. The minimum atomic E-state index is 0.731. The third-order valence-corrected chi connectivity index (χ3v) is 8.88. The number of aromatic nitrogens is 1. The Balaban J connectivity index is 1.07. The predicted octanol–water partition coefficient (Wildman–Crippen LogP) is 6.74. The Morgan fingerprint density at radius 2 is 1.92 bits per heavy atom. The number of likely N-dealkylation sites (tertiary alicyclic amines) is 1. The molecule has 2 aliphatic rings. The maximum atomic E-state index is 6.19. The summed E-state index contributed by atoms with van der Waals surface area (Å²) in [6, 6.07) is 13.3. The maximum Gasteiger partial charge on any atom is 0.175 e. The quantitative estimate of drug-likeness (QED) is 0.240. The molecule has 0 N–H and O–H groups in total. The average Bonchev–Trinajstić information content (AvgIpc) is 3.41. The van der Waals surface area contributed by atoms with Crippen LogP contribution in [0.2, 0.25) is 0 Å². The summed E-state index contributed by atoms with van der Waals surface area (Å²) in [6.07, 6.45) is 7.28. The van der Waals surface area contributed by atoms with Crippen molar-refractivity contribution in [3.8, 4) is 5.75 Å². The Morgan fingerprint density at radius 3 is 2.72 bits per heavy atom. The zero-order chi connectivity index (χ0) is 24.5. The van der Waals surface area contributed by atoms with Gasteiger partial charge in [0.2, 0.25) is 0 Å². The van der Waals surface area contributed by atoms with Crippen molar-refractivity contribution in [2.24, 2.45) is 11.8 Å². The fraction of sp³-hybridized carbons (Fsp3) is 0.500. The first-order valence-electron chi connectivity index (χ1n) is 13.5. The van der Waals surface area contributed by atoms with Gasteiger partial charge in [0, 0.05) is 23.2 Å². The van der Waals surface area contributed by atoms with Crippen molar-refractivity contribution in [2.75, 3.05) is 33.8 Å². The van der Waals surface area contributed by atoms with E-state index in [2.05, 4.69) is 70.8 Å². The van der Waals surface area contributed by atoms with E-state index in [-0.39, 0.29) is 0 Å². The second-order valence-corrected chi connectivity index (χ2v) is 12.0. The van der Waals surface area contributed by atoms with Gasteiger partial charge in [-0.1, -0.05) is 23.4 Å². The van der Waals surface area contributed by atoms with Gasteiger partial charge in [-0.2, -0.15) is 0 Å². The van der Waals surface area contributed by atoms with Gasteiger partial charge in [-0.05, 0) is 112 Å². The Bertz CT molecular complexity index is 1310. The molecule has 2 aromatic heterocycles. The molecule has 3 heterocycles. The van der Waals surface area contributed by atoms with Gasteiger partial charge in [0.25, 0.3) is 0 Å². The van der Waals surface area contributed by atoms with Crippen molar-refractivity contribution >= 4 is 32.4 Å². The number of hydrogen-bond donors (Lipinski definition) is 0. The van der Waals surface area contributed by atoms with Crippen molar-refractivity contribution < 1.29 is 9.26 Å². The van der Waals surface area contributed by atoms with Crippen LogP contribution in [0.25, 0.3) is 21.1 Å². The topological polar surface area (TPSA) is 41.7 Å². The lowest BCUT2D eigenvalue weighted by atomic mass is 9.91. The van der Waals surface area contributed by atoms with Gasteiger partial charge < -0.3 is 14.2 Å². The summed E-state index contributed by atoms with van der Waals surface area (Å²) in [5.74, 6) is 2.44. The van der Waals surface area contributed by atoms with E-state index in [0.717, 1.165) is 65.9 Å². The van der Waals surface area contributed by atoms with Gasteiger partial charge in [-0.25, -0.2) is 0 Å². The summed E-state index contributed by atoms with van der Waals surface area (Å²) < 4.78 is 13.6. The van der Waals surface area contributed by atoms with Crippen molar-refractivity contribution in [2.45, 2.75) is 51.6 Å². The van der Waals surface area contributed by atoms with Crippen LogP contribution in [-0.2, 0) is 19.5 Å². The molecule has 0 spiro atoms. The molecule has 5 nitrogen and oxygen atoms in total. The number of nitrogens with zero attached hydrogens (tertiary/aromatic N) is 3. The highest BCUT2D eigenvalue weighted by Gasteiger charge is 2.25. The van der Waals surface area contributed by atoms with E-state index in [4.69, 9.17) is 9.26 Å². The van der Waals surface area contributed by atoms with Crippen molar-refractivity contribution in [1.82, 2.24) is 15.0 Å². The first-order valence-corrected chi connectivity index (χ1v) is 14.4. The number of rotatable bonds is 10. The minimum Gasteiger partial charge on any atom is -0.493 e. The monoisotopic (exact) mass is 503 g/mol. The summed E-state index contributed by atoms with van der Waals surface area (Å²) in [7, 11) is 4.18. The largest absolute Gasteiger partial charge is 0.493 e. The first-order chi connectivity index (χ1) is 17.6. The van der Waals surface area contributed by atoms with Crippen LogP contribution in [0.4, 0.5) is 0 Å². The highest BCUT2D eigenvalue weighted by molar-refractivity contribution is 7.17. The molecular formula is C30H37N3O2S. The zero-order valence-electron chi connectivity index (χ0n) is 21.5. The molecule has 1 saturated heterocycles. The van der Waals surface area contributed by atoms with Gasteiger partial charge in [0.15, 0.2) is 5.58 Å². The first kappa shape index (κ1) is 24.0. The SMILES string of the molecule is CN(C)Cc1c(OCC2CC2)ccc2c(CCC3CCN(Cc4cccc5ccsc45)CC3)noc12. The van der Waals surface area contributed by atoms with Crippen molar-refractivity contribution in [3.63, 3.8) is 0 Å². The van der Waals surface area contributed by atoms with Crippen LogP contribution in [0.1, 0.15) is 48.9 Å². The lowest BCUT2D eigenvalue weighted by Crippen LogP contribution is -2.33. The van der Waals surface area contributed by atoms with Crippen molar-refractivity contribution in [1.29, 1.82) is 0 Å². The highest BCUT2D eigenvalue weighted by Crippen LogP contribution is 2.35. The molecule has 1 aliphatic carbocycles. The Morgan fingerprint density at radius 1 is 1.06 bits per heavy atom. The number of piperidine rings is 1. The Hall–Kier alpha value is -2.41. The van der Waals surface area contributed by atoms with E-state index in [9.17, 15) is 0 Å². The van der Waals surface area contributed by atoms with Crippen LogP contribution >= 0.6 is 11.3 Å². The summed E-state index contributed by atoms with van der Waals surface area (Å²) in [5, 5.41) is 9.28. The second kappa shape index (κ2) is 10.5. The average molecular weight is 504 g/mol. The molecule has 0 amide bonds. The number of thiophene rings is 1. The molecular weight excluding hydrogens is 466 g/mol. The summed E-state index contributed by atoms with van der Waals surface area (Å²) >= 11 is 1.87. The molecule has 0 unspecified atom stereocenters. The fourth-order valence-electron chi connectivity index (χ4n) is 5.56. The zero-order valence-corrected chi connectivity index (χ0v) is 22.4. The van der Waals surface area contributed by atoms with Gasteiger partial charge in [0.1, 0.15) is 5.75 Å². The van der Waals surface area contributed by atoms with Crippen LogP contribution in [0.3, 0.4) is 0 Å². The molecule has 6 rings (SSSR count). The number of benzene rings is 2. The number of fused-ring (bicyclic) bond motifs is 2. The third-order valence-electron chi connectivity index (χ3n) is 7.87. The molecule has 0 bridgehead atoms. The minimum absolute atomic E-state index is 0.731. The van der Waals surface area contributed by atoms with Crippen LogP contribution in [0, 0.1) is 11.8 Å². The lowest BCUT2D eigenvalue weighted by molar-refractivity contribution is 0.172. The molecule has 0 atom stereocenters. The summed E-state index contributed by atoms with van der Waals surface area (Å²) in [6.45, 7) is 5.04. The van der Waals surface area contributed by atoms with E-state index < -0.39 is 0 Å². The molecule has 4 aromatic rings. The Labute approximate surface area is 218 Å². The van der Waals surface area contributed by atoms with E-state index in [1.165, 1.54) is 60.8 Å². The Kier molecular flexibility index (Phi) is 7.00. The normalized spacial score (nSPS) is 17.5. The van der Waals surface area contributed by atoms with Crippen LogP contribution < -0.4 is 4.74 Å². The van der Waals surface area contributed by atoms with Crippen LogP contribution in [0.15, 0.2) is 46.3 Å².